The summed E-state index contributed by atoms with van der Waals surface area (Å²) in [4.78, 5) is 32.0. The summed E-state index contributed by atoms with van der Waals surface area (Å²) in [7, 11) is 3.49. The molecule has 1 amide bonds. The van der Waals surface area contributed by atoms with Crippen molar-refractivity contribution in [3.05, 3.63) is 72.3 Å². The monoisotopic (exact) mass is 369 g/mol. The Bertz CT molecular complexity index is 1150. The molecule has 0 saturated carbocycles. The van der Waals surface area contributed by atoms with Gasteiger partial charge in [0.15, 0.2) is 5.82 Å². The van der Waals surface area contributed by atoms with Crippen molar-refractivity contribution in [2.75, 3.05) is 14.1 Å². The van der Waals surface area contributed by atoms with Gasteiger partial charge in [0.2, 0.25) is 0 Å². The van der Waals surface area contributed by atoms with Crippen molar-refractivity contribution >= 4 is 16.8 Å². The second-order valence-electron chi connectivity index (χ2n) is 6.81. The standard InChI is InChI=1S/C22H19N5O/c1-14-6-7-19-17(9-14)18(22(28)27(2)3)10-20(26-19)16-12-24-21(25-13-16)15-5-4-8-23-11-15/h4-13H,1-3H3. The maximum Gasteiger partial charge on any atom is 0.254 e. The lowest BCUT2D eigenvalue weighted by atomic mass is 10.0. The fourth-order valence-electron chi connectivity index (χ4n) is 3.01. The van der Waals surface area contributed by atoms with Crippen LogP contribution < -0.4 is 0 Å². The van der Waals surface area contributed by atoms with E-state index in [1.807, 2.05) is 43.3 Å². The van der Waals surface area contributed by atoms with E-state index in [2.05, 4.69) is 15.0 Å². The molecule has 0 radical (unpaired) electrons. The third-order valence-electron chi connectivity index (χ3n) is 4.47. The van der Waals surface area contributed by atoms with Gasteiger partial charge in [0.05, 0.1) is 16.8 Å². The molecule has 0 fully saturated rings. The lowest BCUT2D eigenvalue weighted by Gasteiger charge is -2.14. The molecular weight excluding hydrogens is 350 g/mol. The van der Waals surface area contributed by atoms with E-state index in [-0.39, 0.29) is 5.91 Å². The fraction of sp³-hybridized carbons (Fsp3) is 0.136. The van der Waals surface area contributed by atoms with E-state index in [1.165, 1.54) is 0 Å². The van der Waals surface area contributed by atoms with Crippen molar-refractivity contribution in [2.45, 2.75) is 6.92 Å². The van der Waals surface area contributed by atoms with Gasteiger partial charge in [0.1, 0.15) is 0 Å². The Morgan fingerprint density at radius 3 is 2.43 bits per heavy atom. The van der Waals surface area contributed by atoms with E-state index < -0.39 is 0 Å². The minimum atomic E-state index is -0.0628. The van der Waals surface area contributed by atoms with Crippen LogP contribution in [0.25, 0.3) is 33.5 Å². The zero-order valence-corrected chi connectivity index (χ0v) is 15.9. The molecule has 6 heteroatoms. The number of amides is 1. The fourth-order valence-corrected chi connectivity index (χ4v) is 3.01. The molecule has 3 aromatic heterocycles. The van der Waals surface area contributed by atoms with Gasteiger partial charge in [-0.1, -0.05) is 11.6 Å². The number of aromatic nitrogens is 4. The molecule has 0 aliphatic carbocycles. The Kier molecular flexibility index (Phi) is 4.53. The van der Waals surface area contributed by atoms with Crippen LogP contribution in [0.15, 0.2) is 61.2 Å². The van der Waals surface area contributed by atoms with Crippen molar-refractivity contribution in [2.24, 2.45) is 0 Å². The summed E-state index contributed by atoms with van der Waals surface area (Å²) in [5, 5.41) is 0.843. The number of fused-ring (bicyclic) bond motifs is 1. The lowest BCUT2D eigenvalue weighted by Crippen LogP contribution is -2.22. The molecule has 6 nitrogen and oxygen atoms in total. The highest BCUT2D eigenvalue weighted by Gasteiger charge is 2.16. The largest absolute Gasteiger partial charge is 0.345 e. The molecule has 0 N–H and O–H groups in total. The maximum absolute atomic E-state index is 12.8. The predicted molar refractivity (Wildman–Crippen MR) is 109 cm³/mol. The number of aryl methyl sites for hydroxylation is 1. The smallest absolute Gasteiger partial charge is 0.254 e. The Labute approximate surface area is 162 Å². The zero-order valence-electron chi connectivity index (χ0n) is 15.9. The van der Waals surface area contributed by atoms with Gasteiger partial charge in [0.25, 0.3) is 5.91 Å². The number of carbonyl (C=O) groups excluding carboxylic acids is 1. The van der Waals surface area contributed by atoms with Gasteiger partial charge in [-0.2, -0.15) is 0 Å². The summed E-state index contributed by atoms with van der Waals surface area (Å²) >= 11 is 0. The van der Waals surface area contributed by atoms with E-state index >= 15 is 0 Å². The highest BCUT2D eigenvalue weighted by atomic mass is 16.2. The Balaban J connectivity index is 1.82. The van der Waals surface area contributed by atoms with Crippen molar-refractivity contribution in [1.82, 2.24) is 24.8 Å². The van der Waals surface area contributed by atoms with E-state index in [4.69, 9.17) is 4.98 Å². The molecule has 0 atom stereocenters. The van der Waals surface area contributed by atoms with Gasteiger partial charge in [-0.3, -0.25) is 9.78 Å². The number of pyridine rings is 2. The number of nitrogens with zero attached hydrogens (tertiary/aromatic N) is 5. The van der Waals surface area contributed by atoms with Crippen molar-refractivity contribution in [3.63, 3.8) is 0 Å². The summed E-state index contributed by atoms with van der Waals surface area (Å²) in [6, 6.07) is 11.5. The van der Waals surface area contributed by atoms with Crippen LogP contribution in [-0.2, 0) is 0 Å². The van der Waals surface area contributed by atoms with Crippen LogP contribution in [0.5, 0.6) is 0 Å². The molecule has 0 unspecified atom stereocenters. The number of carbonyl (C=O) groups is 1. The number of hydrogen-bond acceptors (Lipinski definition) is 5. The SMILES string of the molecule is Cc1ccc2nc(-c3cnc(-c4cccnc4)nc3)cc(C(=O)N(C)C)c2c1. The lowest BCUT2D eigenvalue weighted by molar-refractivity contribution is 0.0829. The molecule has 4 rings (SSSR count). The third kappa shape index (κ3) is 3.32. The molecule has 3 heterocycles. The average Bonchev–Trinajstić information content (AvgIpc) is 2.73. The van der Waals surface area contributed by atoms with Gasteiger partial charge < -0.3 is 4.90 Å². The molecular formula is C22H19N5O. The first kappa shape index (κ1) is 17.7. The minimum absolute atomic E-state index is 0.0628. The topological polar surface area (TPSA) is 71.9 Å². The highest BCUT2D eigenvalue weighted by Crippen LogP contribution is 2.26. The molecule has 28 heavy (non-hydrogen) atoms. The first-order chi connectivity index (χ1) is 13.5. The summed E-state index contributed by atoms with van der Waals surface area (Å²) in [5.74, 6) is 0.532. The van der Waals surface area contributed by atoms with Crippen LogP contribution >= 0.6 is 0 Å². The van der Waals surface area contributed by atoms with Crippen molar-refractivity contribution in [1.29, 1.82) is 0 Å². The average molecular weight is 369 g/mol. The summed E-state index contributed by atoms with van der Waals surface area (Å²) in [6.07, 6.45) is 6.88. The molecule has 0 bridgehead atoms. The summed E-state index contributed by atoms with van der Waals surface area (Å²) in [6.45, 7) is 2.00. The van der Waals surface area contributed by atoms with E-state index in [0.29, 0.717) is 17.1 Å². The number of benzene rings is 1. The molecule has 0 aliphatic rings. The molecule has 0 saturated heterocycles. The van der Waals surface area contributed by atoms with E-state index in [9.17, 15) is 4.79 Å². The normalized spacial score (nSPS) is 10.8. The van der Waals surface area contributed by atoms with Crippen LogP contribution in [0.1, 0.15) is 15.9 Å². The highest BCUT2D eigenvalue weighted by molar-refractivity contribution is 6.07. The van der Waals surface area contributed by atoms with Gasteiger partial charge in [0, 0.05) is 55.4 Å². The predicted octanol–water partition coefficient (Wildman–Crippen LogP) is 3.76. The quantitative estimate of drug-likeness (QED) is 0.550. The summed E-state index contributed by atoms with van der Waals surface area (Å²) < 4.78 is 0. The van der Waals surface area contributed by atoms with Gasteiger partial charge in [-0.15, -0.1) is 0 Å². The first-order valence-electron chi connectivity index (χ1n) is 8.89. The van der Waals surface area contributed by atoms with Gasteiger partial charge >= 0.3 is 0 Å². The van der Waals surface area contributed by atoms with Gasteiger partial charge in [-0.05, 0) is 37.3 Å². The molecule has 1 aromatic carbocycles. The molecule has 0 aliphatic heterocycles. The minimum Gasteiger partial charge on any atom is -0.345 e. The third-order valence-corrected chi connectivity index (χ3v) is 4.47. The van der Waals surface area contributed by atoms with Crippen molar-refractivity contribution in [3.8, 4) is 22.6 Å². The van der Waals surface area contributed by atoms with Crippen LogP contribution in [0.3, 0.4) is 0 Å². The number of rotatable bonds is 3. The Morgan fingerprint density at radius 2 is 1.75 bits per heavy atom. The van der Waals surface area contributed by atoms with Gasteiger partial charge in [-0.25, -0.2) is 15.0 Å². The van der Waals surface area contributed by atoms with E-state index in [1.54, 1.807) is 43.8 Å². The van der Waals surface area contributed by atoms with Crippen LogP contribution in [-0.4, -0.2) is 44.8 Å². The van der Waals surface area contributed by atoms with Crippen LogP contribution in [0, 0.1) is 6.92 Å². The second-order valence-corrected chi connectivity index (χ2v) is 6.81. The Morgan fingerprint density at radius 1 is 0.964 bits per heavy atom. The molecule has 4 aromatic rings. The molecule has 0 spiro atoms. The molecule has 138 valence electrons. The zero-order chi connectivity index (χ0) is 19.7. The van der Waals surface area contributed by atoms with Crippen LogP contribution in [0.4, 0.5) is 0 Å². The van der Waals surface area contributed by atoms with E-state index in [0.717, 1.165) is 27.6 Å². The van der Waals surface area contributed by atoms with Crippen molar-refractivity contribution < 1.29 is 4.79 Å². The first-order valence-corrected chi connectivity index (χ1v) is 8.89. The second kappa shape index (κ2) is 7.15. The Hall–Kier alpha value is -3.67. The maximum atomic E-state index is 12.8. The number of hydrogen-bond donors (Lipinski definition) is 0. The summed E-state index contributed by atoms with van der Waals surface area (Å²) in [5.41, 5.74) is 4.73. The van der Waals surface area contributed by atoms with Crippen LogP contribution in [0.2, 0.25) is 0 Å².